The Labute approximate surface area is 140 Å². The number of nitrogens with zero attached hydrogens (tertiary/aromatic N) is 3. The molecule has 2 heterocycles. The molecule has 0 saturated carbocycles. The van der Waals surface area contributed by atoms with E-state index in [4.69, 9.17) is 0 Å². The largest absolute Gasteiger partial charge is 0.369 e. The molecule has 24 heavy (non-hydrogen) atoms. The van der Waals surface area contributed by atoms with Crippen LogP contribution in [0.25, 0.3) is 0 Å². The van der Waals surface area contributed by atoms with Crippen LogP contribution in [0.2, 0.25) is 0 Å². The lowest BCUT2D eigenvalue weighted by atomic mass is 10.2. The number of hydrogen-bond acceptors (Lipinski definition) is 6. The fourth-order valence-corrected chi connectivity index (χ4v) is 3.67. The third-order valence-corrected chi connectivity index (χ3v) is 5.44. The number of aromatic nitrogens is 2. The van der Waals surface area contributed by atoms with E-state index in [0.29, 0.717) is 18.8 Å². The van der Waals surface area contributed by atoms with Crippen molar-refractivity contribution >= 4 is 27.1 Å². The molecule has 0 spiro atoms. The van der Waals surface area contributed by atoms with Gasteiger partial charge in [0.1, 0.15) is 0 Å². The van der Waals surface area contributed by atoms with Gasteiger partial charge in [0.15, 0.2) is 9.84 Å². The summed E-state index contributed by atoms with van der Waals surface area (Å²) >= 11 is 0. The monoisotopic (exact) mass is 346 g/mol. The number of aryl methyl sites for hydroxylation is 1. The van der Waals surface area contributed by atoms with Crippen molar-refractivity contribution in [3.05, 3.63) is 48.0 Å². The molecule has 126 valence electrons. The van der Waals surface area contributed by atoms with E-state index in [1.54, 1.807) is 31.3 Å². The second-order valence-electron chi connectivity index (χ2n) is 5.66. The molecular weight excluding hydrogens is 328 g/mol. The summed E-state index contributed by atoms with van der Waals surface area (Å²) in [5.41, 5.74) is 2.30. The molecule has 0 aliphatic carbocycles. The van der Waals surface area contributed by atoms with E-state index in [0.717, 1.165) is 11.4 Å². The smallest absolute Gasteiger partial charge is 0.293 e. The van der Waals surface area contributed by atoms with E-state index >= 15 is 0 Å². The highest BCUT2D eigenvalue weighted by Crippen LogP contribution is 2.20. The SMILES string of the molecule is Cc1ccnc(C(=O)Nc2ccc(N3CCS(=O)(=O)CC3)cc2)n1. The topological polar surface area (TPSA) is 92.3 Å². The van der Waals surface area contributed by atoms with Crippen LogP contribution in [0.1, 0.15) is 16.3 Å². The van der Waals surface area contributed by atoms with Gasteiger partial charge in [0.2, 0.25) is 5.82 Å². The summed E-state index contributed by atoms with van der Waals surface area (Å²) < 4.78 is 23.0. The normalized spacial score (nSPS) is 16.6. The highest BCUT2D eigenvalue weighted by molar-refractivity contribution is 7.91. The molecule has 2 aromatic rings. The average molecular weight is 346 g/mol. The maximum absolute atomic E-state index is 12.1. The van der Waals surface area contributed by atoms with Gasteiger partial charge in [-0.2, -0.15) is 0 Å². The lowest BCUT2D eigenvalue weighted by Gasteiger charge is -2.28. The molecule has 1 aromatic carbocycles. The number of benzene rings is 1. The minimum atomic E-state index is -2.89. The maximum Gasteiger partial charge on any atom is 0.293 e. The Balaban J connectivity index is 1.65. The van der Waals surface area contributed by atoms with Gasteiger partial charge in [-0.3, -0.25) is 4.79 Å². The highest BCUT2D eigenvalue weighted by Gasteiger charge is 2.21. The minimum absolute atomic E-state index is 0.125. The zero-order chi connectivity index (χ0) is 17.2. The van der Waals surface area contributed by atoms with Crippen LogP contribution in [0, 0.1) is 6.92 Å². The molecule has 1 aliphatic rings. The molecule has 1 amide bonds. The van der Waals surface area contributed by atoms with Crippen molar-refractivity contribution in [3.8, 4) is 0 Å². The predicted octanol–water partition coefficient (Wildman–Crippen LogP) is 1.27. The van der Waals surface area contributed by atoms with Crippen molar-refractivity contribution in [1.82, 2.24) is 9.97 Å². The van der Waals surface area contributed by atoms with E-state index in [1.807, 2.05) is 17.0 Å². The van der Waals surface area contributed by atoms with Crippen LogP contribution in [0.4, 0.5) is 11.4 Å². The summed E-state index contributed by atoms with van der Waals surface area (Å²) in [6.45, 7) is 2.78. The van der Waals surface area contributed by atoms with Crippen molar-refractivity contribution in [2.75, 3.05) is 34.8 Å². The first-order valence-electron chi connectivity index (χ1n) is 7.59. The molecule has 1 saturated heterocycles. The second-order valence-corrected chi connectivity index (χ2v) is 7.97. The van der Waals surface area contributed by atoms with E-state index in [-0.39, 0.29) is 23.2 Å². The first-order valence-corrected chi connectivity index (χ1v) is 9.41. The molecule has 0 atom stereocenters. The Hall–Kier alpha value is -2.48. The molecule has 0 radical (unpaired) electrons. The van der Waals surface area contributed by atoms with Gasteiger partial charge in [0, 0.05) is 36.4 Å². The third kappa shape index (κ3) is 3.88. The quantitative estimate of drug-likeness (QED) is 0.900. The number of sulfone groups is 1. The van der Waals surface area contributed by atoms with Gasteiger partial charge < -0.3 is 10.2 Å². The van der Waals surface area contributed by atoms with Crippen LogP contribution in [0.15, 0.2) is 36.5 Å². The van der Waals surface area contributed by atoms with Gasteiger partial charge >= 0.3 is 0 Å². The predicted molar refractivity (Wildman–Crippen MR) is 92.0 cm³/mol. The molecule has 0 unspecified atom stereocenters. The van der Waals surface area contributed by atoms with Gasteiger partial charge in [-0.05, 0) is 37.3 Å². The van der Waals surface area contributed by atoms with Crippen molar-refractivity contribution in [1.29, 1.82) is 0 Å². The van der Waals surface area contributed by atoms with Crippen molar-refractivity contribution in [2.24, 2.45) is 0 Å². The van der Waals surface area contributed by atoms with Gasteiger partial charge in [-0.1, -0.05) is 0 Å². The van der Waals surface area contributed by atoms with Crippen LogP contribution in [0.3, 0.4) is 0 Å². The van der Waals surface area contributed by atoms with Gasteiger partial charge in [0.25, 0.3) is 5.91 Å². The number of nitrogens with one attached hydrogen (secondary N) is 1. The Morgan fingerprint density at radius 3 is 2.42 bits per heavy atom. The molecular formula is C16H18N4O3S. The van der Waals surface area contributed by atoms with Crippen LogP contribution in [-0.2, 0) is 9.84 Å². The van der Waals surface area contributed by atoms with Crippen LogP contribution >= 0.6 is 0 Å². The molecule has 1 aromatic heterocycles. The second kappa shape index (κ2) is 6.56. The van der Waals surface area contributed by atoms with Crippen LogP contribution in [0.5, 0.6) is 0 Å². The summed E-state index contributed by atoms with van der Waals surface area (Å²) in [4.78, 5) is 22.2. The summed E-state index contributed by atoms with van der Waals surface area (Å²) in [7, 11) is -2.89. The lowest BCUT2D eigenvalue weighted by molar-refractivity contribution is 0.101. The van der Waals surface area contributed by atoms with Gasteiger partial charge in [0.05, 0.1) is 11.5 Å². The zero-order valence-corrected chi connectivity index (χ0v) is 14.1. The van der Waals surface area contributed by atoms with Crippen molar-refractivity contribution < 1.29 is 13.2 Å². The van der Waals surface area contributed by atoms with E-state index in [9.17, 15) is 13.2 Å². The first kappa shape index (κ1) is 16.4. The fourth-order valence-electron chi connectivity index (χ4n) is 2.47. The standard InChI is InChI=1S/C16H18N4O3S/c1-12-6-7-17-15(18-12)16(21)19-13-2-4-14(5-3-13)20-8-10-24(22,23)11-9-20/h2-7H,8-11H2,1H3,(H,19,21). The number of anilines is 2. The Kier molecular flexibility index (Phi) is 4.48. The molecule has 8 heteroatoms. The van der Waals surface area contributed by atoms with Gasteiger partial charge in [-0.25, -0.2) is 18.4 Å². The minimum Gasteiger partial charge on any atom is -0.369 e. The number of rotatable bonds is 3. The Bertz CT molecular complexity index is 836. The summed E-state index contributed by atoms with van der Waals surface area (Å²) in [5, 5.41) is 2.75. The van der Waals surface area contributed by atoms with E-state index in [1.165, 1.54) is 0 Å². The van der Waals surface area contributed by atoms with Crippen molar-refractivity contribution in [3.63, 3.8) is 0 Å². The fraction of sp³-hybridized carbons (Fsp3) is 0.312. The Morgan fingerprint density at radius 1 is 1.12 bits per heavy atom. The van der Waals surface area contributed by atoms with Crippen LogP contribution in [-0.4, -0.2) is 48.9 Å². The number of hydrogen-bond donors (Lipinski definition) is 1. The maximum atomic E-state index is 12.1. The highest BCUT2D eigenvalue weighted by atomic mass is 32.2. The number of amides is 1. The summed E-state index contributed by atoms with van der Waals surface area (Å²) in [6.07, 6.45) is 1.55. The molecule has 1 aliphatic heterocycles. The van der Waals surface area contributed by atoms with Gasteiger partial charge in [-0.15, -0.1) is 0 Å². The van der Waals surface area contributed by atoms with Crippen molar-refractivity contribution in [2.45, 2.75) is 6.92 Å². The van der Waals surface area contributed by atoms with E-state index in [2.05, 4.69) is 15.3 Å². The first-order chi connectivity index (χ1) is 11.4. The molecule has 1 fully saturated rings. The Morgan fingerprint density at radius 2 is 1.79 bits per heavy atom. The average Bonchev–Trinajstić information content (AvgIpc) is 2.56. The van der Waals surface area contributed by atoms with Crippen LogP contribution < -0.4 is 10.2 Å². The molecule has 0 bridgehead atoms. The molecule has 1 N–H and O–H groups in total. The molecule has 7 nitrogen and oxygen atoms in total. The van der Waals surface area contributed by atoms with E-state index < -0.39 is 9.84 Å². The number of carbonyl (C=O) groups excluding carboxylic acids is 1. The lowest BCUT2D eigenvalue weighted by Crippen LogP contribution is -2.40. The number of carbonyl (C=O) groups is 1. The zero-order valence-electron chi connectivity index (χ0n) is 13.3. The molecule has 3 rings (SSSR count). The summed E-state index contributed by atoms with van der Waals surface area (Å²) in [5.74, 6) is 0.114. The third-order valence-electron chi connectivity index (χ3n) is 3.83. The summed E-state index contributed by atoms with van der Waals surface area (Å²) in [6, 6.07) is 9.03.